The summed E-state index contributed by atoms with van der Waals surface area (Å²) in [6.07, 6.45) is 0.557. The molecular weight excluding hydrogens is 226 g/mol. The summed E-state index contributed by atoms with van der Waals surface area (Å²) in [6, 6.07) is 0. The van der Waals surface area contributed by atoms with Gasteiger partial charge in [0.1, 0.15) is 4.90 Å². The van der Waals surface area contributed by atoms with E-state index in [9.17, 15) is 13.2 Å². The van der Waals surface area contributed by atoms with Gasteiger partial charge in [-0.3, -0.25) is 0 Å². The minimum Gasteiger partial charge on any atom is -0.462 e. The lowest BCUT2D eigenvalue weighted by molar-refractivity contribution is 0.0478. The minimum absolute atomic E-state index is 0.115. The van der Waals surface area contributed by atoms with E-state index >= 15 is 0 Å². The van der Waals surface area contributed by atoms with Crippen molar-refractivity contribution >= 4 is 27.3 Å². The van der Waals surface area contributed by atoms with Crippen LogP contribution in [0.1, 0.15) is 15.2 Å². The molecule has 1 aromatic heterocycles. The number of sulfonamides is 1. The summed E-state index contributed by atoms with van der Waals surface area (Å²) in [5.41, 5.74) is 0.115. The lowest BCUT2D eigenvalue weighted by Gasteiger charge is -2.11. The van der Waals surface area contributed by atoms with Crippen LogP contribution < -0.4 is 5.14 Å². The van der Waals surface area contributed by atoms with Crippen molar-refractivity contribution in [2.75, 3.05) is 6.61 Å². The van der Waals surface area contributed by atoms with E-state index in [2.05, 4.69) is 0 Å². The van der Waals surface area contributed by atoms with Crippen molar-refractivity contribution in [2.45, 2.75) is 11.3 Å². The van der Waals surface area contributed by atoms with Gasteiger partial charge in [0.2, 0.25) is 10.0 Å². The molecule has 1 aliphatic heterocycles. The van der Waals surface area contributed by atoms with Crippen LogP contribution in [0, 0.1) is 0 Å². The van der Waals surface area contributed by atoms with Gasteiger partial charge in [0.15, 0.2) is 0 Å². The first-order valence-corrected chi connectivity index (χ1v) is 6.23. The van der Waals surface area contributed by atoms with Gasteiger partial charge >= 0.3 is 5.97 Å². The van der Waals surface area contributed by atoms with Crippen LogP contribution in [-0.2, 0) is 21.2 Å². The Bertz CT molecular complexity index is 488. The van der Waals surface area contributed by atoms with Crippen LogP contribution in [0.2, 0.25) is 0 Å². The quantitative estimate of drug-likeness (QED) is 0.697. The molecule has 0 aromatic carbocycles. The highest BCUT2D eigenvalue weighted by molar-refractivity contribution is 7.89. The van der Waals surface area contributed by atoms with Crippen LogP contribution in [0.5, 0.6) is 0 Å². The summed E-state index contributed by atoms with van der Waals surface area (Å²) in [5.74, 6) is -0.600. The Hall–Kier alpha value is -0.920. The minimum atomic E-state index is -3.82. The maximum absolute atomic E-state index is 11.3. The normalized spacial score (nSPS) is 16.2. The van der Waals surface area contributed by atoms with E-state index in [1.165, 1.54) is 16.7 Å². The van der Waals surface area contributed by atoms with Gasteiger partial charge in [-0.25, -0.2) is 18.4 Å². The highest BCUT2D eigenvalue weighted by Gasteiger charge is 2.28. The third-order valence-electron chi connectivity index (χ3n) is 1.91. The predicted octanol–water partition coefficient (Wildman–Crippen LogP) is 0.108. The number of primary sulfonamides is 1. The first kappa shape index (κ1) is 9.63. The maximum Gasteiger partial charge on any atom is 0.340 e. The number of rotatable bonds is 1. The Labute approximate surface area is 84.5 Å². The summed E-state index contributed by atoms with van der Waals surface area (Å²) >= 11 is 1.22. The lowest BCUT2D eigenvalue weighted by Crippen LogP contribution is -2.21. The molecule has 14 heavy (non-hydrogen) atoms. The summed E-state index contributed by atoms with van der Waals surface area (Å²) in [5, 5.41) is 6.34. The SMILES string of the molecule is NS(=O)(=O)c1csc2c1C(=O)OCC2. The molecule has 0 amide bonds. The second kappa shape index (κ2) is 3.04. The van der Waals surface area contributed by atoms with E-state index in [0.717, 1.165) is 4.88 Å². The van der Waals surface area contributed by atoms with Crippen LogP contribution in [0.15, 0.2) is 10.3 Å². The van der Waals surface area contributed by atoms with Gasteiger partial charge in [0.25, 0.3) is 0 Å². The summed E-state index contributed by atoms with van der Waals surface area (Å²) < 4.78 is 26.9. The first-order chi connectivity index (χ1) is 6.50. The summed E-state index contributed by atoms with van der Waals surface area (Å²) in [4.78, 5) is 11.9. The third kappa shape index (κ3) is 1.43. The largest absolute Gasteiger partial charge is 0.462 e. The van der Waals surface area contributed by atoms with Crippen molar-refractivity contribution in [1.29, 1.82) is 0 Å². The standard InChI is InChI=1S/C7H7NO4S2/c8-14(10,11)5-3-13-4-1-2-12-7(9)6(4)5/h3H,1-2H2,(H2,8,10,11). The smallest absolute Gasteiger partial charge is 0.340 e. The fraction of sp³-hybridized carbons (Fsp3) is 0.286. The van der Waals surface area contributed by atoms with Crippen LogP contribution in [0.3, 0.4) is 0 Å². The van der Waals surface area contributed by atoms with Gasteiger partial charge in [-0.15, -0.1) is 11.3 Å². The summed E-state index contributed by atoms with van der Waals surface area (Å²) in [6.45, 7) is 0.302. The zero-order chi connectivity index (χ0) is 10.3. The molecule has 5 nitrogen and oxygen atoms in total. The number of hydrogen-bond donors (Lipinski definition) is 1. The Morgan fingerprint density at radius 1 is 1.50 bits per heavy atom. The second-order valence-corrected chi connectivity index (χ2v) is 5.32. The maximum atomic E-state index is 11.3. The molecule has 0 fully saturated rings. The molecule has 0 saturated carbocycles. The van der Waals surface area contributed by atoms with Crippen molar-refractivity contribution in [1.82, 2.24) is 0 Å². The van der Waals surface area contributed by atoms with E-state index in [1.807, 2.05) is 0 Å². The van der Waals surface area contributed by atoms with Crippen LogP contribution in [0.4, 0.5) is 0 Å². The number of carbonyl (C=O) groups excluding carboxylic acids is 1. The second-order valence-electron chi connectivity index (χ2n) is 2.83. The van der Waals surface area contributed by atoms with E-state index in [4.69, 9.17) is 9.88 Å². The van der Waals surface area contributed by atoms with E-state index in [1.54, 1.807) is 0 Å². The van der Waals surface area contributed by atoms with Gasteiger partial charge in [0, 0.05) is 16.7 Å². The summed E-state index contributed by atoms with van der Waals surface area (Å²) in [7, 11) is -3.82. The molecular formula is C7H7NO4S2. The number of thiophene rings is 1. The van der Waals surface area contributed by atoms with Crippen molar-refractivity contribution in [3.8, 4) is 0 Å². The number of nitrogens with two attached hydrogens (primary N) is 1. The van der Waals surface area contributed by atoms with E-state index < -0.39 is 16.0 Å². The van der Waals surface area contributed by atoms with Gasteiger partial charge in [0.05, 0.1) is 12.2 Å². The molecule has 7 heteroatoms. The van der Waals surface area contributed by atoms with Crippen molar-refractivity contribution in [2.24, 2.45) is 5.14 Å². The Morgan fingerprint density at radius 2 is 2.21 bits per heavy atom. The fourth-order valence-electron chi connectivity index (χ4n) is 1.30. The number of ether oxygens (including phenoxy) is 1. The molecule has 0 aliphatic carbocycles. The number of carbonyl (C=O) groups is 1. The zero-order valence-corrected chi connectivity index (χ0v) is 8.65. The van der Waals surface area contributed by atoms with Gasteiger partial charge in [-0.1, -0.05) is 0 Å². The third-order valence-corrected chi connectivity index (χ3v) is 4.04. The zero-order valence-electron chi connectivity index (χ0n) is 7.02. The molecule has 0 atom stereocenters. The molecule has 1 aliphatic rings. The molecule has 0 bridgehead atoms. The Morgan fingerprint density at radius 3 is 2.86 bits per heavy atom. The number of cyclic esters (lactones) is 1. The molecule has 76 valence electrons. The molecule has 0 radical (unpaired) electrons. The topological polar surface area (TPSA) is 86.5 Å². The molecule has 2 N–H and O–H groups in total. The van der Waals surface area contributed by atoms with Crippen LogP contribution in [0.25, 0.3) is 0 Å². The van der Waals surface area contributed by atoms with E-state index in [-0.39, 0.29) is 10.5 Å². The van der Waals surface area contributed by atoms with Crippen molar-refractivity contribution in [3.05, 3.63) is 15.8 Å². The Balaban J connectivity index is 2.66. The number of esters is 1. The van der Waals surface area contributed by atoms with Gasteiger partial charge in [-0.2, -0.15) is 0 Å². The highest BCUT2D eigenvalue weighted by Crippen LogP contribution is 2.29. The lowest BCUT2D eigenvalue weighted by atomic mass is 10.2. The van der Waals surface area contributed by atoms with Gasteiger partial charge < -0.3 is 4.74 Å². The molecule has 2 rings (SSSR count). The predicted molar refractivity (Wildman–Crippen MR) is 49.7 cm³/mol. The molecule has 0 saturated heterocycles. The first-order valence-electron chi connectivity index (χ1n) is 3.80. The van der Waals surface area contributed by atoms with Crippen LogP contribution in [-0.4, -0.2) is 21.0 Å². The average Bonchev–Trinajstić information content (AvgIpc) is 2.47. The molecule has 0 unspecified atom stereocenters. The molecule has 2 heterocycles. The Kier molecular flexibility index (Phi) is 2.09. The van der Waals surface area contributed by atoms with E-state index in [0.29, 0.717) is 13.0 Å². The number of hydrogen-bond acceptors (Lipinski definition) is 5. The average molecular weight is 233 g/mol. The van der Waals surface area contributed by atoms with Crippen LogP contribution >= 0.6 is 11.3 Å². The number of fused-ring (bicyclic) bond motifs is 1. The van der Waals surface area contributed by atoms with Crippen molar-refractivity contribution < 1.29 is 17.9 Å². The van der Waals surface area contributed by atoms with Gasteiger partial charge in [-0.05, 0) is 0 Å². The fourth-order valence-corrected chi connectivity index (χ4v) is 3.41. The molecule has 1 aromatic rings. The molecule has 0 spiro atoms. The monoisotopic (exact) mass is 233 g/mol. The van der Waals surface area contributed by atoms with Crippen molar-refractivity contribution in [3.63, 3.8) is 0 Å². The highest BCUT2D eigenvalue weighted by atomic mass is 32.2.